The largest absolute Gasteiger partial charge is 0.489 e. The number of amides is 2. The van der Waals surface area contributed by atoms with Gasteiger partial charge in [-0.1, -0.05) is 23.7 Å². The minimum Gasteiger partial charge on any atom is -0.489 e. The molecule has 2 aliphatic heterocycles. The van der Waals surface area contributed by atoms with Crippen LogP contribution in [-0.4, -0.2) is 67.6 Å². The first kappa shape index (κ1) is 24.2. The fraction of sp³-hybridized carbons (Fsp3) is 0.391. The molecule has 1 saturated heterocycles. The molecule has 0 spiro atoms. The van der Waals surface area contributed by atoms with Crippen LogP contribution in [0.25, 0.3) is 0 Å². The van der Waals surface area contributed by atoms with Crippen molar-refractivity contribution < 1.29 is 32.2 Å². The maximum Gasteiger partial charge on any atom is 0.418 e. The molecule has 7 nitrogen and oxygen atoms in total. The van der Waals surface area contributed by atoms with E-state index in [1.807, 2.05) is 0 Å². The molecule has 2 amide bonds. The number of anilines is 1. The monoisotopic (exact) mass is 497 g/mol. The highest BCUT2D eigenvalue weighted by molar-refractivity contribution is 6.32. The van der Waals surface area contributed by atoms with Crippen LogP contribution in [0.5, 0.6) is 11.5 Å². The second-order valence-electron chi connectivity index (χ2n) is 8.00. The van der Waals surface area contributed by atoms with Crippen LogP contribution < -0.4 is 14.8 Å². The highest BCUT2D eigenvalue weighted by Gasteiger charge is 2.34. The van der Waals surface area contributed by atoms with E-state index in [1.54, 1.807) is 21.9 Å². The third-order valence-corrected chi connectivity index (χ3v) is 5.86. The Labute approximate surface area is 199 Å². The standard InChI is InChI=1S/C23H23ClF3N3O4/c24-17-12-15(13-19-21(17)34-11-3-10-33-19)22(32)30-8-6-29(7-9-30)14-20(31)28-18-5-2-1-4-16(18)23(25,26)27/h1-2,4-5,12-13H,3,6-11,14H2,(H,28,31). The summed E-state index contributed by atoms with van der Waals surface area (Å²) < 4.78 is 50.6. The number of halogens is 4. The Kier molecular flexibility index (Phi) is 7.18. The fourth-order valence-corrected chi connectivity index (χ4v) is 4.14. The first-order valence-electron chi connectivity index (χ1n) is 10.8. The van der Waals surface area contributed by atoms with E-state index in [4.69, 9.17) is 21.1 Å². The van der Waals surface area contributed by atoms with Gasteiger partial charge in [0.25, 0.3) is 5.91 Å². The Morgan fingerprint density at radius 3 is 2.47 bits per heavy atom. The highest BCUT2D eigenvalue weighted by atomic mass is 35.5. The molecule has 2 heterocycles. The molecular weight excluding hydrogens is 475 g/mol. The van der Waals surface area contributed by atoms with E-state index >= 15 is 0 Å². The van der Waals surface area contributed by atoms with Gasteiger partial charge in [0, 0.05) is 38.2 Å². The van der Waals surface area contributed by atoms with Gasteiger partial charge in [0.05, 0.1) is 36.0 Å². The number of alkyl halides is 3. The van der Waals surface area contributed by atoms with Crippen molar-refractivity contribution in [3.63, 3.8) is 0 Å². The Balaban J connectivity index is 1.33. The molecule has 34 heavy (non-hydrogen) atoms. The van der Waals surface area contributed by atoms with E-state index in [0.29, 0.717) is 67.9 Å². The lowest BCUT2D eigenvalue weighted by molar-refractivity contribution is -0.137. The van der Waals surface area contributed by atoms with Crippen molar-refractivity contribution >= 4 is 29.1 Å². The number of rotatable bonds is 4. The minimum atomic E-state index is -4.56. The van der Waals surface area contributed by atoms with Gasteiger partial charge in [0.2, 0.25) is 5.91 Å². The summed E-state index contributed by atoms with van der Waals surface area (Å²) in [5.74, 6) is 0.0911. The molecule has 4 rings (SSSR count). The number of piperazine rings is 1. The van der Waals surface area contributed by atoms with E-state index < -0.39 is 17.6 Å². The van der Waals surface area contributed by atoms with Crippen molar-refractivity contribution in [2.75, 3.05) is 51.3 Å². The molecule has 0 aliphatic carbocycles. The fourth-order valence-electron chi connectivity index (χ4n) is 3.88. The normalized spacial score (nSPS) is 16.6. The average Bonchev–Trinajstić information content (AvgIpc) is 3.05. The van der Waals surface area contributed by atoms with Gasteiger partial charge in [-0.05, 0) is 24.3 Å². The lowest BCUT2D eigenvalue weighted by Gasteiger charge is -2.34. The van der Waals surface area contributed by atoms with E-state index in [9.17, 15) is 22.8 Å². The van der Waals surface area contributed by atoms with Crippen molar-refractivity contribution in [3.8, 4) is 11.5 Å². The highest BCUT2D eigenvalue weighted by Crippen LogP contribution is 2.38. The van der Waals surface area contributed by atoms with E-state index in [0.717, 1.165) is 6.07 Å². The van der Waals surface area contributed by atoms with Gasteiger partial charge >= 0.3 is 6.18 Å². The van der Waals surface area contributed by atoms with Gasteiger partial charge in [-0.25, -0.2) is 0 Å². The van der Waals surface area contributed by atoms with Crippen LogP contribution in [0.3, 0.4) is 0 Å². The second kappa shape index (κ2) is 10.1. The number of para-hydroxylation sites is 1. The molecule has 1 fully saturated rings. The van der Waals surface area contributed by atoms with E-state index in [2.05, 4.69) is 5.32 Å². The minimum absolute atomic E-state index is 0.0793. The molecule has 0 atom stereocenters. The molecule has 11 heteroatoms. The molecule has 182 valence electrons. The summed E-state index contributed by atoms with van der Waals surface area (Å²) in [6, 6.07) is 8.01. The first-order chi connectivity index (χ1) is 16.2. The van der Waals surface area contributed by atoms with Crippen LogP contribution in [0.15, 0.2) is 36.4 Å². The summed E-state index contributed by atoms with van der Waals surface area (Å²) in [6.45, 7) is 2.39. The summed E-state index contributed by atoms with van der Waals surface area (Å²) >= 11 is 6.29. The summed E-state index contributed by atoms with van der Waals surface area (Å²) in [4.78, 5) is 28.8. The number of hydrogen-bond donors (Lipinski definition) is 1. The summed E-state index contributed by atoms with van der Waals surface area (Å²) in [5.41, 5.74) is -0.795. The topological polar surface area (TPSA) is 71.1 Å². The molecule has 0 bridgehead atoms. The quantitative estimate of drug-likeness (QED) is 0.693. The smallest absolute Gasteiger partial charge is 0.418 e. The number of nitrogens with zero attached hydrogens (tertiary/aromatic N) is 2. The molecule has 2 aliphatic rings. The molecule has 0 unspecified atom stereocenters. The number of benzene rings is 2. The Hall–Kier alpha value is -2.98. The molecule has 0 saturated carbocycles. The molecule has 2 aromatic carbocycles. The van der Waals surface area contributed by atoms with Crippen LogP contribution in [0.4, 0.5) is 18.9 Å². The predicted octanol–water partition coefficient (Wildman–Crippen LogP) is 3.92. The number of fused-ring (bicyclic) bond motifs is 1. The van der Waals surface area contributed by atoms with Crippen molar-refractivity contribution in [1.82, 2.24) is 9.80 Å². The van der Waals surface area contributed by atoms with Crippen molar-refractivity contribution in [1.29, 1.82) is 0 Å². The van der Waals surface area contributed by atoms with Gasteiger partial charge in [-0.3, -0.25) is 14.5 Å². The molecule has 2 aromatic rings. The zero-order chi connectivity index (χ0) is 24.3. The second-order valence-corrected chi connectivity index (χ2v) is 8.40. The number of carbonyl (C=O) groups is 2. The van der Waals surface area contributed by atoms with Crippen LogP contribution in [0.2, 0.25) is 5.02 Å². The van der Waals surface area contributed by atoms with Gasteiger partial charge < -0.3 is 19.7 Å². The Morgan fingerprint density at radius 1 is 1.03 bits per heavy atom. The van der Waals surface area contributed by atoms with Crippen molar-refractivity contribution in [3.05, 3.63) is 52.5 Å². The van der Waals surface area contributed by atoms with Crippen molar-refractivity contribution in [2.45, 2.75) is 12.6 Å². The van der Waals surface area contributed by atoms with E-state index in [-0.39, 0.29) is 18.1 Å². The van der Waals surface area contributed by atoms with Crippen LogP contribution in [0, 0.1) is 0 Å². The maximum atomic E-state index is 13.1. The van der Waals surface area contributed by atoms with Crippen molar-refractivity contribution in [2.24, 2.45) is 0 Å². The molecular formula is C23H23ClF3N3O4. The number of hydrogen-bond acceptors (Lipinski definition) is 5. The Morgan fingerprint density at radius 2 is 1.74 bits per heavy atom. The van der Waals surface area contributed by atoms with Gasteiger partial charge in [-0.2, -0.15) is 13.2 Å². The number of ether oxygens (including phenoxy) is 2. The van der Waals surface area contributed by atoms with Crippen LogP contribution >= 0.6 is 11.6 Å². The summed E-state index contributed by atoms with van der Waals surface area (Å²) in [6.07, 6.45) is -3.85. The maximum absolute atomic E-state index is 13.1. The zero-order valence-electron chi connectivity index (χ0n) is 18.2. The summed E-state index contributed by atoms with van der Waals surface area (Å²) in [7, 11) is 0. The van der Waals surface area contributed by atoms with Crippen LogP contribution in [-0.2, 0) is 11.0 Å². The first-order valence-corrected chi connectivity index (χ1v) is 11.2. The number of nitrogens with one attached hydrogen (secondary N) is 1. The molecule has 1 N–H and O–H groups in total. The number of carbonyl (C=O) groups excluding carboxylic acids is 2. The summed E-state index contributed by atoms with van der Waals surface area (Å²) in [5, 5.41) is 2.65. The van der Waals surface area contributed by atoms with E-state index in [1.165, 1.54) is 18.2 Å². The van der Waals surface area contributed by atoms with Crippen LogP contribution in [0.1, 0.15) is 22.3 Å². The third kappa shape index (κ3) is 5.56. The lowest BCUT2D eigenvalue weighted by Crippen LogP contribution is -2.50. The lowest BCUT2D eigenvalue weighted by atomic mass is 10.1. The van der Waals surface area contributed by atoms with Gasteiger partial charge in [0.15, 0.2) is 11.5 Å². The predicted molar refractivity (Wildman–Crippen MR) is 119 cm³/mol. The Bertz CT molecular complexity index is 1070. The van der Waals surface area contributed by atoms with Gasteiger partial charge in [-0.15, -0.1) is 0 Å². The zero-order valence-corrected chi connectivity index (χ0v) is 18.9. The SMILES string of the molecule is O=C(CN1CCN(C(=O)c2cc(Cl)c3c(c2)OCCCO3)CC1)Nc1ccccc1C(F)(F)F. The molecule has 0 aromatic heterocycles. The molecule has 0 radical (unpaired) electrons. The third-order valence-electron chi connectivity index (χ3n) is 5.58. The average molecular weight is 498 g/mol. The van der Waals surface area contributed by atoms with Gasteiger partial charge in [0.1, 0.15) is 0 Å².